The molecule has 1 saturated heterocycles. The van der Waals surface area contributed by atoms with E-state index in [0.29, 0.717) is 70.3 Å². The molecule has 2 aromatic carbocycles. The van der Waals surface area contributed by atoms with Gasteiger partial charge in [-0.1, -0.05) is 112 Å². The van der Waals surface area contributed by atoms with Crippen molar-refractivity contribution in [3.05, 3.63) is 117 Å². The van der Waals surface area contributed by atoms with Crippen LogP contribution in [0.5, 0.6) is 0 Å². The molecular weight excluding hydrogens is 1510 g/mol. The SMILES string of the molecule is CCN1\C(=C/C=C/C=C/C2=[N+](CCCCCC(=O)NCCOCCOCCNC(=O)OCCC(C)(C)SSCOCCCCOC(=O)CCC#Cc3cn([C@H]4C[C@H](OCS(=S)CC)[C@@H](COP(=O)(O)OP(=O)(O)OP(=O)(O)O)O4)c4nc(N)[nH]c(=O)c34)c3ccc(C)cc3C2(C)C)C(C)(C)c2ccccc21. The average Bonchev–Trinajstić information content (AvgIpc) is 1.61. The molecule has 0 spiro atoms. The minimum atomic E-state index is -5.79. The quantitative estimate of drug-likeness (QED) is 0.00298. The summed E-state index contributed by atoms with van der Waals surface area (Å²) in [4.78, 5) is 97.4. The number of anilines is 2. The van der Waals surface area contributed by atoms with Gasteiger partial charge in [0.2, 0.25) is 17.5 Å². The van der Waals surface area contributed by atoms with Gasteiger partial charge in [-0.2, -0.15) is 18.2 Å². The molecule has 0 aliphatic carbocycles. The molecule has 7 rings (SSSR count). The summed E-state index contributed by atoms with van der Waals surface area (Å²) in [5.41, 5.74) is 14.3. The number of phosphoric ester groups is 1. The van der Waals surface area contributed by atoms with Crippen molar-refractivity contribution >= 4 is 118 Å². The predicted molar refractivity (Wildman–Crippen MR) is 414 cm³/mol. The number of ether oxygens (including phenoxy) is 7. The monoisotopic (exact) mass is 1610 g/mol. The maximum Gasteiger partial charge on any atom is 0.490 e. The van der Waals surface area contributed by atoms with Crippen LogP contribution in [0, 0.1) is 18.8 Å². The van der Waals surface area contributed by atoms with Crippen LogP contribution in [0.1, 0.15) is 148 Å². The lowest BCUT2D eigenvalue weighted by Crippen LogP contribution is -2.30. The van der Waals surface area contributed by atoms with Crippen LogP contribution in [0.4, 0.5) is 22.1 Å². The molecule has 1 fully saturated rings. The number of aryl methyl sites for hydroxylation is 1. The van der Waals surface area contributed by atoms with Crippen molar-refractivity contribution < 1.29 is 98.5 Å². The second-order valence-electron chi connectivity index (χ2n) is 26.7. The van der Waals surface area contributed by atoms with E-state index in [1.807, 2.05) is 6.92 Å². The van der Waals surface area contributed by atoms with E-state index in [4.69, 9.17) is 64.4 Å². The number of fused-ring (bicyclic) bond motifs is 3. The van der Waals surface area contributed by atoms with Gasteiger partial charge in [-0.05, 0) is 114 Å². The Kier molecular flexibility index (Phi) is 34.5. The number of unbranched alkanes of at least 4 members (excludes halogenated alkanes) is 3. The minimum absolute atomic E-state index is 0.00631. The highest BCUT2D eigenvalue weighted by Gasteiger charge is 2.46. The second kappa shape index (κ2) is 41.6. The molecule has 0 saturated carbocycles. The number of benzene rings is 2. The Morgan fingerprint density at radius 1 is 0.877 bits per heavy atom. The van der Waals surface area contributed by atoms with Crippen LogP contribution >= 0.6 is 45.1 Å². The lowest BCUT2D eigenvalue weighted by molar-refractivity contribution is -0.438. The van der Waals surface area contributed by atoms with E-state index in [1.54, 1.807) is 10.8 Å². The number of aromatic amines is 1. The van der Waals surface area contributed by atoms with Gasteiger partial charge in [-0.15, -0.1) is 0 Å². The summed E-state index contributed by atoms with van der Waals surface area (Å²) in [5, 5.41) is 5.70. The summed E-state index contributed by atoms with van der Waals surface area (Å²) < 4.78 is 91.6. The Bertz CT molecular complexity index is 4090. The zero-order valence-corrected chi connectivity index (χ0v) is 67.4. The number of likely N-dealkylation sites (N-methyl/N-ethyl adjacent to an activating group) is 1. The van der Waals surface area contributed by atoms with Gasteiger partial charge in [0.25, 0.3) is 5.56 Å². The Balaban J connectivity index is 0.684. The number of allylic oxidation sites excluding steroid dienone is 6. The van der Waals surface area contributed by atoms with E-state index in [9.17, 15) is 42.7 Å². The Hall–Kier alpha value is -5.40. The summed E-state index contributed by atoms with van der Waals surface area (Å²) in [5.74, 6) is 6.15. The summed E-state index contributed by atoms with van der Waals surface area (Å²) >= 11 is 5.39. The summed E-state index contributed by atoms with van der Waals surface area (Å²) in [6.07, 6.45) is 13.8. The van der Waals surface area contributed by atoms with E-state index >= 15 is 0 Å². The van der Waals surface area contributed by atoms with Gasteiger partial charge < -0.3 is 78.6 Å². The lowest BCUT2D eigenvalue weighted by atomic mass is 9.81. The van der Waals surface area contributed by atoms with Crippen LogP contribution in [0.25, 0.3) is 11.0 Å². The van der Waals surface area contributed by atoms with Crippen LogP contribution in [0.3, 0.4) is 0 Å². The second-order valence-corrected chi connectivity index (χ2v) is 37.2. The first-order valence-electron chi connectivity index (χ1n) is 35.1. The Morgan fingerprint density at radius 2 is 1.61 bits per heavy atom. The van der Waals surface area contributed by atoms with Crippen LogP contribution in [-0.4, -0.2) is 176 Å². The molecule has 2 amide bonds. The van der Waals surface area contributed by atoms with E-state index < -0.39 is 75.6 Å². The third-order valence-electron chi connectivity index (χ3n) is 17.4. The lowest BCUT2D eigenvalue weighted by Gasteiger charge is -2.25. The molecular formula is C70H102N8O21P3S4+. The minimum Gasteiger partial charge on any atom is -0.466 e. The molecule has 5 heterocycles. The predicted octanol–water partition coefficient (Wildman–Crippen LogP) is 11.0. The third kappa shape index (κ3) is 27.3. The number of aromatic nitrogens is 3. The van der Waals surface area contributed by atoms with Gasteiger partial charge in [-0.3, -0.25) is 23.9 Å². The molecule has 106 heavy (non-hydrogen) atoms. The standard InChI is InChI=1S/C70H101N8O21P3S4/c1-10-76-54-26-19-18-25-52(54)69(6,7)58(76)27-14-12-15-28-59-70(8,9)53-44-50(3)31-32-55(53)77(59)36-21-13-16-29-60(79)72-34-40-90-42-43-91-41-35-73-67(82)94-39-33-68(4,5)105-104-48-92-37-22-23-38-93-62(80)30-20-17-24-51-46-78(64-63(51)65(81)75-66(71)74-64)61-45-56(95-49-106(103)11-2)57(97-61)47-96-101(86,87)99-102(88,89)98-100(83,84)85/h12,14-15,18-19,25-28,31-32,44,46,56-57,61H,10-11,13,16,20-23,29-30,33-43,45,47-49H2,1-9H3,(H8-,71,72,73,74,75,79,81,82,83,84,85,86,87,88,89)/p+1/t56-,57+,61+,106?/m0/s1. The number of nitrogens with one attached hydrogen (secondary N) is 3. The molecule has 586 valence electrons. The molecule has 6 atom stereocenters. The fourth-order valence-corrected chi connectivity index (χ4v) is 18.0. The topological polar surface area (TPSA) is 383 Å². The number of nitrogens with two attached hydrogens (primary N) is 1. The maximum atomic E-state index is 13.2. The molecule has 36 heteroatoms. The van der Waals surface area contributed by atoms with Crippen molar-refractivity contribution in [2.45, 2.75) is 161 Å². The summed E-state index contributed by atoms with van der Waals surface area (Å²) in [7, 11) is -14.4. The Labute approximate surface area is 634 Å². The molecule has 3 aliphatic heterocycles. The molecule has 4 aromatic rings. The first-order valence-corrected chi connectivity index (χ1v) is 44.4. The number of esters is 1. The van der Waals surface area contributed by atoms with Gasteiger partial charge in [0.15, 0.2) is 11.4 Å². The molecule has 9 N–H and O–H groups in total. The smallest absolute Gasteiger partial charge is 0.466 e. The number of phosphoric acid groups is 3. The number of hydrogen-bond acceptors (Lipinski definition) is 23. The zero-order chi connectivity index (χ0) is 77.3. The van der Waals surface area contributed by atoms with E-state index in [0.717, 1.165) is 32.4 Å². The number of nitrogen functional groups attached to an aromatic ring is 1. The molecule has 3 aliphatic rings. The van der Waals surface area contributed by atoms with Gasteiger partial charge in [0.05, 0.1) is 81.1 Å². The maximum absolute atomic E-state index is 13.2. The molecule has 29 nitrogen and oxygen atoms in total. The van der Waals surface area contributed by atoms with Gasteiger partial charge in [0.1, 0.15) is 24.8 Å². The van der Waals surface area contributed by atoms with Crippen molar-refractivity contribution in [1.29, 1.82) is 0 Å². The summed E-state index contributed by atoms with van der Waals surface area (Å²) in [6, 6.07) is 15.4. The third-order valence-corrected chi connectivity index (χ3v) is 26.2. The normalized spacial score (nSPS) is 18.8. The number of para-hydroxylation sites is 1. The zero-order valence-electron chi connectivity index (χ0n) is 61.5. The van der Waals surface area contributed by atoms with Crippen LogP contribution < -0.4 is 26.8 Å². The molecule has 3 unspecified atom stereocenters. The largest absolute Gasteiger partial charge is 0.490 e. The van der Waals surface area contributed by atoms with Crippen molar-refractivity contribution in [3.63, 3.8) is 0 Å². The van der Waals surface area contributed by atoms with Gasteiger partial charge in [0, 0.05) is 97.4 Å². The molecule has 0 bridgehead atoms. The highest BCUT2D eigenvalue weighted by atomic mass is 33.1. The highest BCUT2D eigenvalue weighted by Crippen LogP contribution is 2.66. The Morgan fingerprint density at radius 3 is 2.35 bits per heavy atom. The number of amides is 2. The number of rotatable bonds is 45. The van der Waals surface area contributed by atoms with Crippen LogP contribution in [0.2, 0.25) is 0 Å². The number of carbonyl (C=O) groups excluding carboxylic acids is 3. The van der Waals surface area contributed by atoms with Gasteiger partial charge >= 0.3 is 35.5 Å². The number of hydrogen-bond donors (Lipinski definition) is 8. The number of alkyl carbamates (subject to hydrolysis) is 1. The van der Waals surface area contributed by atoms with E-state index in [1.165, 1.54) is 61.0 Å². The van der Waals surface area contributed by atoms with Crippen molar-refractivity contribution in [2.75, 3.05) is 107 Å². The number of H-pyrrole nitrogens is 1. The van der Waals surface area contributed by atoms with Crippen LogP contribution in [-0.2, 0) is 101 Å². The average molecular weight is 1610 g/mol. The highest BCUT2D eigenvalue weighted by molar-refractivity contribution is 8.77. The first kappa shape index (κ1) is 87.8. The van der Waals surface area contributed by atoms with Crippen molar-refractivity contribution in [3.8, 4) is 11.8 Å². The van der Waals surface area contributed by atoms with E-state index in [2.05, 4.69) is 179 Å². The number of carbonyl (C=O) groups is 3. The van der Waals surface area contributed by atoms with Crippen molar-refractivity contribution in [2.24, 2.45) is 0 Å². The van der Waals surface area contributed by atoms with E-state index in [-0.39, 0.29) is 95.6 Å². The molecule has 2 aromatic heterocycles. The molecule has 0 radical (unpaired) electrons. The van der Waals surface area contributed by atoms with Crippen LogP contribution in [0.15, 0.2) is 89.5 Å². The van der Waals surface area contributed by atoms with Gasteiger partial charge in [-0.25, -0.2) is 18.5 Å². The summed E-state index contributed by atoms with van der Waals surface area (Å²) in [6.45, 7) is 23.3. The van der Waals surface area contributed by atoms with Crippen molar-refractivity contribution in [1.82, 2.24) is 25.2 Å². The number of nitrogens with zero attached hydrogens (tertiary/aromatic N) is 4. The fourth-order valence-electron chi connectivity index (χ4n) is 12.0. The fraction of sp³-hybridized carbons (Fsp3) is 0.571. The first-order chi connectivity index (χ1) is 50.2.